The lowest BCUT2D eigenvalue weighted by molar-refractivity contribution is 0.588. The Hall–Kier alpha value is -1.39. The third kappa shape index (κ3) is 4.55. The number of rotatable bonds is 6. The monoisotopic (exact) mass is 303 g/mol. The Balaban J connectivity index is 2.05. The molecule has 0 fully saturated rings. The molecular weight excluding hydrogens is 278 g/mol. The topological polar surface area (TPSA) is 28.2 Å². The van der Waals surface area contributed by atoms with Gasteiger partial charge in [-0.15, -0.1) is 11.3 Å². The van der Waals surface area contributed by atoms with Gasteiger partial charge in [0.1, 0.15) is 0 Å². The van der Waals surface area contributed by atoms with Gasteiger partial charge in [0.15, 0.2) is 0 Å². The smallest absolute Gasteiger partial charge is 0.0898 e. The van der Waals surface area contributed by atoms with E-state index in [1.165, 1.54) is 16.8 Å². The first-order valence-corrected chi connectivity index (χ1v) is 8.28. The molecule has 0 saturated carbocycles. The molecule has 0 aliphatic heterocycles. The first kappa shape index (κ1) is 16.0. The van der Waals surface area contributed by atoms with E-state index in [2.05, 4.69) is 73.5 Å². The fourth-order valence-electron chi connectivity index (χ4n) is 2.39. The van der Waals surface area contributed by atoms with Crippen LogP contribution in [-0.4, -0.2) is 18.1 Å². The van der Waals surface area contributed by atoms with Crippen LogP contribution in [0, 0.1) is 13.8 Å². The zero-order valence-corrected chi connectivity index (χ0v) is 14.4. The molecule has 0 spiro atoms. The van der Waals surface area contributed by atoms with Gasteiger partial charge in [-0.3, -0.25) is 0 Å². The maximum Gasteiger partial charge on any atom is 0.0898 e. The van der Waals surface area contributed by atoms with Crippen molar-refractivity contribution in [3.63, 3.8) is 0 Å². The van der Waals surface area contributed by atoms with Gasteiger partial charge >= 0.3 is 0 Å². The van der Waals surface area contributed by atoms with Crippen LogP contribution in [0.4, 0.5) is 5.69 Å². The average Bonchev–Trinajstić information content (AvgIpc) is 2.81. The Kier molecular flexibility index (Phi) is 5.37. The number of benzene rings is 1. The van der Waals surface area contributed by atoms with Crippen molar-refractivity contribution in [3.05, 3.63) is 45.4 Å². The molecular formula is C17H25N3S. The highest BCUT2D eigenvalue weighted by Crippen LogP contribution is 2.22. The molecule has 3 nitrogen and oxygen atoms in total. The van der Waals surface area contributed by atoms with Crippen molar-refractivity contribution in [2.75, 3.05) is 11.9 Å². The molecule has 0 bridgehead atoms. The van der Waals surface area contributed by atoms with Crippen LogP contribution in [0.1, 0.15) is 35.7 Å². The predicted molar refractivity (Wildman–Crippen MR) is 92.1 cm³/mol. The summed E-state index contributed by atoms with van der Waals surface area (Å²) in [6, 6.07) is 7.21. The van der Waals surface area contributed by atoms with E-state index in [1.54, 1.807) is 11.3 Å². The molecule has 0 atom stereocenters. The Labute approximate surface area is 132 Å². The summed E-state index contributed by atoms with van der Waals surface area (Å²) in [5.74, 6) is 0. The Morgan fingerprint density at radius 3 is 2.62 bits per heavy atom. The van der Waals surface area contributed by atoms with Crippen LogP contribution in [0.25, 0.3) is 0 Å². The quantitative estimate of drug-likeness (QED) is 0.877. The molecule has 4 heteroatoms. The minimum absolute atomic E-state index is 0.514. The summed E-state index contributed by atoms with van der Waals surface area (Å²) in [5, 5.41) is 6.73. The van der Waals surface area contributed by atoms with Crippen LogP contribution in [0.2, 0.25) is 0 Å². The highest BCUT2D eigenvalue weighted by atomic mass is 32.1. The highest BCUT2D eigenvalue weighted by Gasteiger charge is 2.08. The number of nitrogens with zero attached hydrogens (tertiary/aromatic N) is 2. The van der Waals surface area contributed by atoms with E-state index < -0.39 is 0 Å². The third-order valence-corrected chi connectivity index (χ3v) is 4.27. The molecule has 0 aliphatic rings. The normalized spacial score (nSPS) is 11.1. The van der Waals surface area contributed by atoms with Gasteiger partial charge < -0.3 is 10.2 Å². The third-order valence-electron chi connectivity index (χ3n) is 3.45. The van der Waals surface area contributed by atoms with E-state index in [1.807, 2.05) is 0 Å². The van der Waals surface area contributed by atoms with Gasteiger partial charge in [0.25, 0.3) is 0 Å². The van der Waals surface area contributed by atoms with E-state index in [0.717, 1.165) is 23.8 Å². The van der Waals surface area contributed by atoms with Crippen LogP contribution in [-0.2, 0) is 13.1 Å². The van der Waals surface area contributed by atoms with Gasteiger partial charge in [0.2, 0.25) is 0 Å². The number of hydrogen-bond donors (Lipinski definition) is 1. The van der Waals surface area contributed by atoms with Gasteiger partial charge in [-0.05, 0) is 31.0 Å². The molecule has 0 radical (unpaired) electrons. The van der Waals surface area contributed by atoms with Crippen molar-refractivity contribution in [1.29, 1.82) is 0 Å². The number of thiazole rings is 1. The summed E-state index contributed by atoms with van der Waals surface area (Å²) in [7, 11) is 2.13. The fraction of sp³-hybridized carbons (Fsp3) is 0.471. The minimum atomic E-state index is 0.514. The summed E-state index contributed by atoms with van der Waals surface area (Å²) < 4.78 is 0. The van der Waals surface area contributed by atoms with Crippen LogP contribution in [0.15, 0.2) is 23.6 Å². The Bertz CT molecular complexity index is 589. The first-order valence-electron chi connectivity index (χ1n) is 7.40. The van der Waals surface area contributed by atoms with Gasteiger partial charge in [-0.2, -0.15) is 0 Å². The van der Waals surface area contributed by atoms with Crippen LogP contribution < -0.4 is 10.2 Å². The molecule has 1 aromatic carbocycles. The van der Waals surface area contributed by atoms with Crippen molar-refractivity contribution in [1.82, 2.24) is 10.3 Å². The maximum atomic E-state index is 4.54. The molecule has 2 rings (SSSR count). The van der Waals surface area contributed by atoms with Crippen molar-refractivity contribution >= 4 is 17.0 Å². The van der Waals surface area contributed by atoms with Crippen molar-refractivity contribution in [2.24, 2.45) is 0 Å². The van der Waals surface area contributed by atoms with E-state index in [0.29, 0.717) is 6.04 Å². The largest absolute Gasteiger partial charge is 0.368 e. The standard InChI is InChI=1S/C17H25N3S/c1-12(2)18-9-15-6-7-17(13(3)8-15)20(5)10-16-11-21-14(4)19-16/h6-8,11-12,18H,9-10H2,1-5H3. The fourth-order valence-corrected chi connectivity index (χ4v) is 2.99. The van der Waals surface area contributed by atoms with Gasteiger partial charge in [-0.25, -0.2) is 4.98 Å². The summed E-state index contributed by atoms with van der Waals surface area (Å²) in [4.78, 5) is 6.81. The second-order valence-electron chi connectivity index (χ2n) is 5.87. The summed E-state index contributed by atoms with van der Waals surface area (Å²) in [5.41, 5.74) is 5.06. The second kappa shape index (κ2) is 7.05. The lowest BCUT2D eigenvalue weighted by Crippen LogP contribution is -2.22. The lowest BCUT2D eigenvalue weighted by Gasteiger charge is -2.21. The van der Waals surface area contributed by atoms with Gasteiger partial charge in [-0.1, -0.05) is 26.0 Å². The number of hydrogen-bond acceptors (Lipinski definition) is 4. The number of aryl methyl sites for hydroxylation is 2. The number of nitrogens with one attached hydrogen (secondary N) is 1. The second-order valence-corrected chi connectivity index (χ2v) is 6.93. The van der Waals surface area contributed by atoms with Crippen LogP contribution in [0.5, 0.6) is 0 Å². The highest BCUT2D eigenvalue weighted by molar-refractivity contribution is 7.09. The van der Waals surface area contributed by atoms with Crippen molar-refractivity contribution in [3.8, 4) is 0 Å². The molecule has 1 heterocycles. The maximum absolute atomic E-state index is 4.54. The van der Waals surface area contributed by atoms with Crippen molar-refractivity contribution in [2.45, 2.75) is 46.8 Å². The van der Waals surface area contributed by atoms with Gasteiger partial charge in [0.05, 0.1) is 17.2 Å². The summed E-state index contributed by atoms with van der Waals surface area (Å²) >= 11 is 1.71. The van der Waals surface area contributed by atoms with Crippen LogP contribution >= 0.6 is 11.3 Å². The minimum Gasteiger partial charge on any atom is -0.368 e. The molecule has 0 amide bonds. The molecule has 1 N–H and O–H groups in total. The van der Waals surface area contributed by atoms with Crippen LogP contribution in [0.3, 0.4) is 0 Å². The van der Waals surface area contributed by atoms with E-state index in [4.69, 9.17) is 0 Å². The zero-order chi connectivity index (χ0) is 15.4. The SMILES string of the molecule is Cc1nc(CN(C)c2ccc(CNC(C)C)cc2C)cs1. The van der Waals surface area contributed by atoms with E-state index >= 15 is 0 Å². The van der Waals surface area contributed by atoms with Gasteiger partial charge in [0, 0.05) is 30.7 Å². The predicted octanol–water partition coefficient (Wildman–Crippen LogP) is 3.89. The summed E-state index contributed by atoms with van der Waals surface area (Å²) in [6.45, 7) is 10.4. The number of aromatic nitrogens is 1. The zero-order valence-electron chi connectivity index (χ0n) is 13.6. The molecule has 2 aromatic rings. The molecule has 114 valence electrons. The lowest BCUT2D eigenvalue weighted by atomic mass is 10.1. The van der Waals surface area contributed by atoms with Crippen molar-refractivity contribution < 1.29 is 0 Å². The molecule has 0 aliphatic carbocycles. The van der Waals surface area contributed by atoms with E-state index in [-0.39, 0.29) is 0 Å². The number of anilines is 1. The summed E-state index contributed by atoms with van der Waals surface area (Å²) in [6.07, 6.45) is 0. The Morgan fingerprint density at radius 2 is 2.05 bits per heavy atom. The molecule has 1 aromatic heterocycles. The van der Waals surface area contributed by atoms with E-state index in [9.17, 15) is 0 Å². The Morgan fingerprint density at radius 1 is 1.29 bits per heavy atom. The first-order chi connectivity index (χ1) is 9.95. The molecule has 0 unspecified atom stereocenters. The molecule has 0 saturated heterocycles. The molecule has 21 heavy (non-hydrogen) atoms. The average molecular weight is 303 g/mol.